The van der Waals surface area contributed by atoms with E-state index in [1.165, 1.54) is 10.6 Å². The van der Waals surface area contributed by atoms with Crippen molar-refractivity contribution in [3.8, 4) is 40.1 Å². The standard InChI is InChI=1S/C38H47N5O7/c1-7-39-36(48)34-42-41-33(29-19-28(22(2)3)30(44)20-31(29)45)43(34)25-10-14-27(15-11-25)50-26-12-8-24(9-13-26)35(47)40-17-16-38(49)21-37(5,6)23(4)18-32(38)46/h8-15,19-20,22-23,32,44-46,49H,7,16-18,21H2,1-6H3,(H,39,48)(H,40,47)/t23-,32-,38+/m0/s1. The summed E-state index contributed by atoms with van der Waals surface area (Å²) in [6.45, 7) is 12.5. The molecule has 0 spiro atoms. The average Bonchev–Trinajstić information content (AvgIpc) is 3.49. The zero-order valence-corrected chi connectivity index (χ0v) is 29.4. The molecule has 1 heterocycles. The van der Waals surface area contributed by atoms with Crippen molar-refractivity contribution >= 4 is 11.8 Å². The number of aromatic nitrogens is 3. The van der Waals surface area contributed by atoms with Crippen molar-refractivity contribution in [3.05, 3.63) is 77.6 Å². The fraction of sp³-hybridized carbons (Fsp3) is 0.421. The summed E-state index contributed by atoms with van der Waals surface area (Å²) in [5.41, 5.74) is 0.510. The van der Waals surface area contributed by atoms with Crippen LogP contribution in [0.15, 0.2) is 60.7 Å². The third kappa shape index (κ3) is 7.61. The molecule has 1 fully saturated rings. The van der Waals surface area contributed by atoms with E-state index in [2.05, 4.69) is 41.6 Å². The van der Waals surface area contributed by atoms with E-state index in [4.69, 9.17) is 4.74 Å². The first-order valence-electron chi connectivity index (χ1n) is 17.0. The van der Waals surface area contributed by atoms with Gasteiger partial charge in [-0.2, -0.15) is 0 Å². The average molecular weight is 686 g/mol. The first-order valence-corrected chi connectivity index (χ1v) is 17.0. The van der Waals surface area contributed by atoms with E-state index in [-0.39, 0.29) is 59.3 Å². The van der Waals surface area contributed by atoms with Gasteiger partial charge < -0.3 is 35.8 Å². The number of aromatic hydroxyl groups is 2. The highest BCUT2D eigenvalue weighted by Gasteiger charge is 2.47. The number of aliphatic hydroxyl groups excluding tert-OH is 1. The summed E-state index contributed by atoms with van der Waals surface area (Å²) in [4.78, 5) is 25.8. The lowest BCUT2D eigenvalue weighted by Crippen LogP contribution is -2.54. The summed E-state index contributed by atoms with van der Waals surface area (Å²) < 4.78 is 7.56. The van der Waals surface area contributed by atoms with Crippen molar-refractivity contribution in [1.82, 2.24) is 25.4 Å². The largest absolute Gasteiger partial charge is 0.508 e. The highest BCUT2D eigenvalue weighted by molar-refractivity contribution is 5.94. The van der Waals surface area contributed by atoms with Gasteiger partial charge in [-0.25, -0.2) is 0 Å². The Morgan fingerprint density at radius 1 is 0.960 bits per heavy atom. The maximum absolute atomic E-state index is 13.0. The number of rotatable bonds is 11. The number of amides is 2. The smallest absolute Gasteiger partial charge is 0.289 e. The number of hydrogen-bond donors (Lipinski definition) is 6. The molecule has 50 heavy (non-hydrogen) atoms. The van der Waals surface area contributed by atoms with E-state index in [0.717, 1.165) is 0 Å². The van der Waals surface area contributed by atoms with Crippen LogP contribution in [0.2, 0.25) is 0 Å². The van der Waals surface area contributed by atoms with Gasteiger partial charge in [-0.05, 0) is 104 Å². The molecule has 0 radical (unpaired) electrons. The van der Waals surface area contributed by atoms with Crippen molar-refractivity contribution in [2.45, 2.75) is 78.4 Å². The van der Waals surface area contributed by atoms with Crippen LogP contribution in [0, 0.1) is 11.3 Å². The Morgan fingerprint density at radius 3 is 2.22 bits per heavy atom. The molecule has 1 saturated carbocycles. The SMILES string of the molecule is CCNC(=O)c1nnc(-c2cc(C(C)C)c(O)cc2O)n1-c1ccc(Oc2ccc(C(=O)NCC[C@@]3(O)CC(C)(C)[C@@H](C)C[C@@H]3O)cc2)cc1. The molecule has 12 nitrogen and oxygen atoms in total. The quantitative estimate of drug-likeness (QED) is 0.116. The van der Waals surface area contributed by atoms with Crippen molar-refractivity contribution in [2.24, 2.45) is 11.3 Å². The lowest BCUT2D eigenvalue weighted by molar-refractivity contribution is -0.148. The van der Waals surface area contributed by atoms with Crippen LogP contribution in [0.1, 0.15) is 93.3 Å². The molecule has 1 aromatic heterocycles. The number of aliphatic hydroxyl groups is 2. The molecule has 5 rings (SSSR count). The number of phenolic OH excluding ortho intramolecular Hbond substituents is 2. The van der Waals surface area contributed by atoms with Crippen LogP contribution in [0.4, 0.5) is 0 Å². The van der Waals surface area contributed by atoms with Crippen LogP contribution >= 0.6 is 0 Å². The van der Waals surface area contributed by atoms with Crippen LogP contribution in [-0.4, -0.2) is 71.8 Å². The molecule has 12 heteroatoms. The highest BCUT2D eigenvalue weighted by Crippen LogP contribution is 2.46. The van der Waals surface area contributed by atoms with Gasteiger partial charge in [-0.3, -0.25) is 14.2 Å². The molecular formula is C38H47N5O7. The summed E-state index contributed by atoms with van der Waals surface area (Å²) >= 11 is 0. The molecule has 2 amide bonds. The van der Waals surface area contributed by atoms with E-state index in [0.29, 0.717) is 53.3 Å². The Labute approximate surface area is 292 Å². The molecule has 1 aliphatic rings. The predicted molar refractivity (Wildman–Crippen MR) is 189 cm³/mol. The summed E-state index contributed by atoms with van der Waals surface area (Å²) in [5, 5.41) is 56.8. The third-order valence-electron chi connectivity index (χ3n) is 9.79. The van der Waals surface area contributed by atoms with E-state index >= 15 is 0 Å². The number of carbonyl (C=O) groups is 2. The van der Waals surface area contributed by atoms with Gasteiger partial charge in [0, 0.05) is 30.4 Å². The molecule has 6 N–H and O–H groups in total. The van der Waals surface area contributed by atoms with Gasteiger partial charge in [0.1, 0.15) is 23.0 Å². The second-order valence-electron chi connectivity index (χ2n) is 14.2. The molecule has 0 unspecified atom stereocenters. The number of nitrogens with one attached hydrogen (secondary N) is 2. The number of carbonyl (C=O) groups excluding carboxylic acids is 2. The van der Waals surface area contributed by atoms with Crippen LogP contribution in [-0.2, 0) is 0 Å². The summed E-state index contributed by atoms with van der Waals surface area (Å²) in [6, 6.07) is 16.4. The van der Waals surface area contributed by atoms with Gasteiger partial charge in [-0.15, -0.1) is 10.2 Å². The molecule has 3 aromatic carbocycles. The molecule has 3 atom stereocenters. The van der Waals surface area contributed by atoms with Gasteiger partial charge >= 0.3 is 0 Å². The van der Waals surface area contributed by atoms with Crippen LogP contribution in [0.3, 0.4) is 0 Å². The minimum absolute atomic E-state index is 0.0190. The normalized spacial score (nSPS) is 20.0. The Balaban J connectivity index is 1.29. The summed E-state index contributed by atoms with van der Waals surface area (Å²) in [7, 11) is 0. The Kier molecular flexibility index (Phi) is 10.5. The van der Waals surface area contributed by atoms with Crippen molar-refractivity contribution in [2.75, 3.05) is 13.1 Å². The number of ether oxygens (including phenoxy) is 1. The van der Waals surface area contributed by atoms with Crippen molar-refractivity contribution < 1.29 is 34.8 Å². The van der Waals surface area contributed by atoms with Gasteiger partial charge in [0.2, 0.25) is 5.82 Å². The molecule has 0 bridgehead atoms. The van der Waals surface area contributed by atoms with E-state index in [1.807, 2.05) is 13.8 Å². The molecule has 266 valence electrons. The maximum atomic E-state index is 13.0. The molecule has 0 aliphatic heterocycles. The van der Waals surface area contributed by atoms with E-state index < -0.39 is 17.6 Å². The van der Waals surface area contributed by atoms with Crippen LogP contribution < -0.4 is 15.4 Å². The fourth-order valence-electron chi connectivity index (χ4n) is 6.50. The number of hydrogen-bond acceptors (Lipinski definition) is 9. The van der Waals surface area contributed by atoms with Crippen molar-refractivity contribution in [3.63, 3.8) is 0 Å². The maximum Gasteiger partial charge on any atom is 0.289 e. The summed E-state index contributed by atoms with van der Waals surface area (Å²) in [6.07, 6.45) is 0.399. The minimum atomic E-state index is -1.25. The first kappa shape index (κ1) is 36.3. The van der Waals surface area contributed by atoms with E-state index in [9.17, 15) is 30.0 Å². The second kappa shape index (κ2) is 14.5. The minimum Gasteiger partial charge on any atom is -0.508 e. The van der Waals surface area contributed by atoms with E-state index in [1.54, 1.807) is 61.5 Å². The molecule has 0 saturated heterocycles. The Morgan fingerprint density at radius 2 is 1.60 bits per heavy atom. The van der Waals surface area contributed by atoms with Crippen LogP contribution in [0.25, 0.3) is 17.1 Å². The molecular weight excluding hydrogens is 638 g/mol. The fourth-order valence-corrected chi connectivity index (χ4v) is 6.50. The molecule has 1 aliphatic carbocycles. The zero-order chi connectivity index (χ0) is 36.4. The van der Waals surface area contributed by atoms with Crippen LogP contribution in [0.5, 0.6) is 23.0 Å². The monoisotopic (exact) mass is 685 g/mol. The Hall–Kier alpha value is -4.94. The first-order chi connectivity index (χ1) is 23.6. The number of phenols is 2. The lowest BCUT2D eigenvalue weighted by atomic mass is 9.62. The topological polar surface area (TPSA) is 179 Å². The van der Waals surface area contributed by atoms with Gasteiger partial charge in [0.05, 0.1) is 17.3 Å². The summed E-state index contributed by atoms with van der Waals surface area (Å²) in [5.74, 6) is 0.472. The molecule has 4 aromatic rings. The highest BCUT2D eigenvalue weighted by atomic mass is 16.5. The second-order valence-corrected chi connectivity index (χ2v) is 14.2. The zero-order valence-electron chi connectivity index (χ0n) is 29.4. The number of nitrogens with zero attached hydrogens (tertiary/aromatic N) is 3. The van der Waals surface area contributed by atoms with Gasteiger partial charge in [-0.1, -0.05) is 34.6 Å². The third-order valence-corrected chi connectivity index (χ3v) is 9.79. The van der Waals surface area contributed by atoms with Gasteiger partial charge in [0.15, 0.2) is 5.82 Å². The van der Waals surface area contributed by atoms with Crippen molar-refractivity contribution in [1.29, 1.82) is 0 Å². The van der Waals surface area contributed by atoms with Gasteiger partial charge in [0.25, 0.3) is 11.8 Å². The number of benzene rings is 3. The predicted octanol–water partition coefficient (Wildman–Crippen LogP) is 5.68. The Bertz CT molecular complexity index is 1840. The lowest BCUT2D eigenvalue weighted by Gasteiger charge is -2.48.